The minimum absolute atomic E-state index is 0.200. The number of carboxylic acid groups (broad SMARTS) is 1. The van der Waals surface area contributed by atoms with E-state index in [4.69, 9.17) is 16.3 Å². The van der Waals surface area contributed by atoms with Gasteiger partial charge in [-0.15, -0.1) is 0 Å². The zero-order valence-electron chi connectivity index (χ0n) is 15.3. The number of amides is 1. The van der Waals surface area contributed by atoms with Crippen molar-refractivity contribution in [2.24, 2.45) is 11.8 Å². The van der Waals surface area contributed by atoms with Gasteiger partial charge < -0.3 is 15.2 Å². The number of aliphatic carboxylic acids is 1. The third-order valence-electron chi connectivity index (χ3n) is 4.90. The molecule has 0 heterocycles. The monoisotopic (exact) mass is 381 g/mol. The summed E-state index contributed by atoms with van der Waals surface area (Å²) in [6.07, 6.45) is 6.16. The summed E-state index contributed by atoms with van der Waals surface area (Å²) in [6.45, 7) is 3.05. The molecule has 1 saturated carbocycles. The van der Waals surface area contributed by atoms with Crippen LogP contribution in [-0.2, 0) is 16.1 Å². The molecular formula is C20H28ClNO4. The number of ether oxygens (including phenoxy) is 1. The zero-order valence-corrected chi connectivity index (χ0v) is 16.1. The van der Waals surface area contributed by atoms with E-state index in [2.05, 4.69) is 12.2 Å². The van der Waals surface area contributed by atoms with Gasteiger partial charge in [0.05, 0.1) is 18.4 Å². The quantitative estimate of drug-likeness (QED) is 0.621. The van der Waals surface area contributed by atoms with Crippen LogP contribution in [0.4, 0.5) is 0 Å². The summed E-state index contributed by atoms with van der Waals surface area (Å²) < 4.78 is 5.83. The lowest BCUT2D eigenvalue weighted by molar-refractivity contribution is -0.148. The molecule has 6 heteroatoms. The van der Waals surface area contributed by atoms with Gasteiger partial charge in [-0.25, -0.2) is 0 Å². The van der Waals surface area contributed by atoms with Crippen molar-refractivity contribution in [3.63, 3.8) is 0 Å². The van der Waals surface area contributed by atoms with E-state index in [1.807, 2.05) is 6.07 Å². The van der Waals surface area contributed by atoms with E-state index in [-0.39, 0.29) is 12.5 Å². The number of unbranched alkanes of at least 4 members (excludes halogenated alkanes) is 2. The molecule has 0 aromatic heterocycles. The van der Waals surface area contributed by atoms with Gasteiger partial charge in [0, 0.05) is 17.1 Å². The minimum atomic E-state index is -0.882. The molecule has 2 rings (SSSR count). The predicted molar refractivity (Wildman–Crippen MR) is 101 cm³/mol. The summed E-state index contributed by atoms with van der Waals surface area (Å²) in [4.78, 5) is 23.9. The number of rotatable bonds is 9. The summed E-state index contributed by atoms with van der Waals surface area (Å²) in [6, 6.07) is 5.37. The predicted octanol–water partition coefficient (Wildman–Crippen LogP) is 4.42. The van der Waals surface area contributed by atoms with Gasteiger partial charge in [-0.1, -0.05) is 44.2 Å². The molecular weight excluding hydrogens is 354 g/mol. The van der Waals surface area contributed by atoms with Gasteiger partial charge in [0.1, 0.15) is 5.75 Å². The molecule has 1 aromatic rings. The Balaban J connectivity index is 1.97. The van der Waals surface area contributed by atoms with Crippen LogP contribution in [0, 0.1) is 11.8 Å². The lowest BCUT2D eigenvalue weighted by atomic mass is 9.78. The first-order chi connectivity index (χ1) is 12.5. The number of halogens is 1. The number of nitrogens with one attached hydrogen (secondary N) is 1. The van der Waals surface area contributed by atoms with Crippen LogP contribution in [0.5, 0.6) is 5.75 Å². The SMILES string of the molecule is CCCCCOc1ccc(Cl)cc1CNC(=O)C1CCCCC1C(=O)O. The highest BCUT2D eigenvalue weighted by Gasteiger charge is 2.35. The summed E-state index contributed by atoms with van der Waals surface area (Å²) in [7, 11) is 0. The van der Waals surface area contributed by atoms with E-state index in [1.54, 1.807) is 12.1 Å². The molecule has 0 bridgehead atoms. The molecule has 0 spiro atoms. The summed E-state index contributed by atoms with van der Waals surface area (Å²) in [5, 5.41) is 12.8. The Morgan fingerprint density at radius 3 is 2.65 bits per heavy atom. The Morgan fingerprint density at radius 1 is 1.23 bits per heavy atom. The van der Waals surface area contributed by atoms with Crippen LogP contribution in [0.2, 0.25) is 5.02 Å². The maximum atomic E-state index is 12.5. The molecule has 1 aliphatic rings. The molecule has 5 nitrogen and oxygen atoms in total. The normalized spacial score (nSPS) is 19.8. The van der Waals surface area contributed by atoms with E-state index < -0.39 is 17.8 Å². The van der Waals surface area contributed by atoms with E-state index in [0.29, 0.717) is 30.2 Å². The summed E-state index contributed by atoms with van der Waals surface area (Å²) in [5.41, 5.74) is 0.810. The second kappa shape index (κ2) is 10.4. The van der Waals surface area contributed by atoms with Crippen LogP contribution < -0.4 is 10.1 Å². The van der Waals surface area contributed by atoms with Gasteiger partial charge in [-0.3, -0.25) is 9.59 Å². The molecule has 0 radical (unpaired) electrons. The number of carbonyl (C=O) groups excluding carboxylic acids is 1. The van der Waals surface area contributed by atoms with Gasteiger partial charge in [0.15, 0.2) is 0 Å². The van der Waals surface area contributed by atoms with Gasteiger partial charge >= 0.3 is 5.97 Å². The Kier molecular flexibility index (Phi) is 8.23. The molecule has 144 valence electrons. The van der Waals surface area contributed by atoms with Crippen LogP contribution in [-0.4, -0.2) is 23.6 Å². The van der Waals surface area contributed by atoms with Crippen LogP contribution in [0.1, 0.15) is 57.4 Å². The van der Waals surface area contributed by atoms with Crippen molar-refractivity contribution in [2.45, 2.75) is 58.4 Å². The molecule has 2 atom stereocenters. The number of carboxylic acids is 1. The maximum Gasteiger partial charge on any atom is 0.307 e. The molecule has 2 N–H and O–H groups in total. The fourth-order valence-electron chi connectivity index (χ4n) is 3.41. The van der Waals surface area contributed by atoms with Gasteiger partial charge in [0.25, 0.3) is 0 Å². The van der Waals surface area contributed by atoms with Crippen molar-refractivity contribution in [2.75, 3.05) is 6.61 Å². The highest BCUT2D eigenvalue weighted by atomic mass is 35.5. The van der Waals surface area contributed by atoms with E-state index in [1.165, 1.54) is 0 Å². The fraction of sp³-hybridized carbons (Fsp3) is 0.600. The lowest BCUT2D eigenvalue weighted by Crippen LogP contribution is -2.39. The van der Waals surface area contributed by atoms with Crippen molar-refractivity contribution in [1.29, 1.82) is 0 Å². The first-order valence-electron chi connectivity index (χ1n) is 9.44. The molecule has 0 aliphatic heterocycles. The number of hydrogen-bond acceptors (Lipinski definition) is 3. The Bertz CT molecular complexity index is 620. The van der Waals surface area contributed by atoms with Gasteiger partial charge in [-0.2, -0.15) is 0 Å². The molecule has 26 heavy (non-hydrogen) atoms. The molecule has 1 amide bonds. The molecule has 2 unspecified atom stereocenters. The standard InChI is InChI=1S/C20H28ClNO4/c1-2-3-6-11-26-18-10-9-15(21)12-14(18)13-22-19(23)16-7-4-5-8-17(16)20(24)25/h9-10,12,16-17H,2-8,11,13H2,1H3,(H,22,23)(H,24,25). The molecule has 1 aliphatic carbocycles. The first kappa shape index (κ1) is 20.6. The minimum Gasteiger partial charge on any atom is -0.493 e. The Labute approximate surface area is 160 Å². The highest BCUT2D eigenvalue weighted by molar-refractivity contribution is 6.30. The number of carbonyl (C=O) groups is 2. The lowest BCUT2D eigenvalue weighted by Gasteiger charge is -2.27. The van der Waals surface area contributed by atoms with Crippen molar-refractivity contribution in [1.82, 2.24) is 5.32 Å². The van der Waals surface area contributed by atoms with Gasteiger partial charge in [-0.05, 0) is 37.5 Å². The topological polar surface area (TPSA) is 75.6 Å². The van der Waals surface area contributed by atoms with Crippen LogP contribution in [0.15, 0.2) is 18.2 Å². The van der Waals surface area contributed by atoms with Crippen molar-refractivity contribution in [3.8, 4) is 5.75 Å². The fourth-order valence-corrected chi connectivity index (χ4v) is 3.61. The Morgan fingerprint density at radius 2 is 1.96 bits per heavy atom. The Hall–Kier alpha value is -1.75. The average Bonchev–Trinajstić information content (AvgIpc) is 2.64. The summed E-state index contributed by atoms with van der Waals surface area (Å²) >= 11 is 6.08. The van der Waals surface area contributed by atoms with Crippen molar-refractivity contribution in [3.05, 3.63) is 28.8 Å². The van der Waals surface area contributed by atoms with Crippen LogP contribution >= 0.6 is 11.6 Å². The zero-order chi connectivity index (χ0) is 18.9. The van der Waals surface area contributed by atoms with Crippen molar-refractivity contribution < 1.29 is 19.4 Å². The second-order valence-corrected chi connectivity index (χ2v) is 7.30. The van der Waals surface area contributed by atoms with Gasteiger partial charge in [0.2, 0.25) is 5.91 Å². The van der Waals surface area contributed by atoms with E-state index in [0.717, 1.165) is 37.7 Å². The second-order valence-electron chi connectivity index (χ2n) is 6.86. The number of benzene rings is 1. The van der Waals surface area contributed by atoms with E-state index >= 15 is 0 Å². The highest BCUT2D eigenvalue weighted by Crippen LogP contribution is 2.31. The van der Waals surface area contributed by atoms with Crippen molar-refractivity contribution >= 4 is 23.5 Å². The third kappa shape index (κ3) is 5.90. The third-order valence-corrected chi connectivity index (χ3v) is 5.14. The summed E-state index contributed by atoms with van der Waals surface area (Å²) in [5.74, 6) is -1.42. The molecule has 0 saturated heterocycles. The number of hydrogen-bond donors (Lipinski definition) is 2. The largest absolute Gasteiger partial charge is 0.493 e. The average molecular weight is 382 g/mol. The maximum absolute atomic E-state index is 12.5. The smallest absolute Gasteiger partial charge is 0.307 e. The van der Waals surface area contributed by atoms with Crippen LogP contribution in [0.25, 0.3) is 0 Å². The molecule has 1 aromatic carbocycles. The first-order valence-corrected chi connectivity index (χ1v) is 9.82. The van der Waals surface area contributed by atoms with E-state index in [9.17, 15) is 14.7 Å². The van der Waals surface area contributed by atoms with Crippen LogP contribution in [0.3, 0.4) is 0 Å². The molecule has 1 fully saturated rings.